The van der Waals surface area contributed by atoms with Crippen molar-refractivity contribution in [2.24, 2.45) is 0 Å². The van der Waals surface area contributed by atoms with Crippen LogP contribution in [0.4, 0.5) is 0 Å². The Bertz CT molecular complexity index is 904. The van der Waals surface area contributed by atoms with E-state index in [9.17, 15) is 0 Å². The minimum absolute atomic E-state index is 0.434. The minimum atomic E-state index is 0.434. The number of aryl methyl sites for hydroxylation is 2. The first-order valence-corrected chi connectivity index (χ1v) is 10.2. The predicted octanol–water partition coefficient (Wildman–Crippen LogP) is 7.17. The summed E-state index contributed by atoms with van der Waals surface area (Å²) in [7, 11) is 0. The summed E-state index contributed by atoms with van der Waals surface area (Å²) in [4.78, 5) is 0. The Hall–Kier alpha value is -2.60. The molecule has 0 spiro atoms. The summed E-state index contributed by atoms with van der Waals surface area (Å²) in [6.07, 6.45) is 9.36. The molecule has 0 aromatic heterocycles. The van der Waals surface area contributed by atoms with Crippen LogP contribution >= 0.6 is 0 Å². The van der Waals surface area contributed by atoms with Crippen LogP contribution in [-0.4, -0.2) is 0 Å². The number of hydrogen-bond donors (Lipinski definition) is 0. The van der Waals surface area contributed by atoms with E-state index in [1.54, 1.807) is 0 Å². The van der Waals surface area contributed by atoms with Crippen LogP contribution in [0, 0.1) is 0 Å². The molecule has 2 atom stereocenters. The number of benzene rings is 3. The standard InChI is InChI=1S/C27H28/c1-21-18-27(17-16-22-8-3-2-4-9-22)26-15-7-13-24(20-26)11-5-10-23-12-6-14-25(21)19-23/h2-4,6-9,12-17,19-21,27H,5,10-11,18H2,1H3/b17-16-/t21-,27+/m1/s1. The number of rotatable bonds is 2. The van der Waals surface area contributed by atoms with Crippen LogP contribution < -0.4 is 0 Å². The smallest absolute Gasteiger partial charge is 0.00271 e. The van der Waals surface area contributed by atoms with Gasteiger partial charge in [-0.3, -0.25) is 0 Å². The van der Waals surface area contributed by atoms with Gasteiger partial charge in [0.1, 0.15) is 0 Å². The Morgan fingerprint density at radius 3 is 2.15 bits per heavy atom. The van der Waals surface area contributed by atoms with Gasteiger partial charge in [0.05, 0.1) is 0 Å². The van der Waals surface area contributed by atoms with Crippen molar-refractivity contribution in [3.63, 3.8) is 0 Å². The fourth-order valence-electron chi connectivity index (χ4n) is 4.17. The van der Waals surface area contributed by atoms with Gasteiger partial charge in [0, 0.05) is 5.92 Å². The molecular weight excluding hydrogens is 324 g/mol. The van der Waals surface area contributed by atoms with E-state index in [0.29, 0.717) is 11.8 Å². The molecular formula is C27H28. The molecule has 4 bridgehead atoms. The largest absolute Gasteiger partial charge is 0.0764 e. The molecule has 0 amide bonds. The van der Waals surface area contributed by atoms with Crippen molar-refractivity contribution in [2.45, 2.75) is 44.4 Å². The second kappa shape index (κ2) is 8.39. The van der Waals surface area contributed by atoms with Crippen LogP contribution in [-0.2, 0) is 12.8 Å². The average Bonchev–Trinajstić information content (AvgIpc) is 2.71. The second-order valence-corrected chi connectivity index (χ2v) is 7.86. The number of hydrogen-bond acceptors (Lipinski definition) is 0. The molecule has 4 rings (SSSR count). The van der Waals surface area contributed by atoms with Crippen LogP contribution in [0.15, 0.2) is 84.9 Å². The third-order valence-corrected chi connectivity index (χ3v) is 5.76. The lowest BCUT2D eigenvalue weighted by Crippen LogP contribution is -2.05. The van der Waals surface area contributed by atoms with Crippen LogP contribution in [0.1, 0.15) is 59.4 Å². The monoisotopic (exact) mass is 352 g/mol. The van der Waals surface area contributed by atoms with Gasteiger partial charge in [0.25, 0.3) is 0 Å². The molecule has 1 aliphatic rings. The van der Waals surface area contributed by atoms with Crippen molar-refractivity contribution < 1.29 is 0 Å². The molecule has 0 aliphatic heterocycles. The lowest BCUT2D eigenvalue weighted by molar-refractivity contribution is 0.627. The maximum atomic E-state index is 2.43. The summed E-state index contributed by atoms with van der Waals surface area (Å²) < 4.78 is 0. The third kappa shape index (κ3) is 4.57. The maximum absolute atomic E-state index is 2.43. The highest BCUT2D eigenvalue weighted by Gasteiger charge is 2.16. The van der Waals surface area contributed by atoms with Gasteiger partial charge in [-0.05, 0) is 59.4 Å². The summed E-state index contributed by atoms with van der Waals surface area (Å²) >= 11 is 0. The minimum Gasteiger partial charge on any atom is -0.0764 e. The van der Waals surface area contributed by atoms with E-state index in [2.05, 4.69) is 97.9 Å². The highest BCUT2D eigenvalue weighted by Crippen LogP contribution is 2.33. The molecule has 0 saturated heterocycles. The summed E-state index contributed by atoms with van der Waals surface area (Å²) in [5.74, 6) is 0.974. The van der Waals surface area contributed by atoms with Gasteiger partial charge in [-0.2, -0.15) is 0 Å². The third-order valence-electron chi connectivity index (χ3n) is 5.76. The van der Waals surface area contributed by atoms with E-state index in [1.807, 2.05) is 0 Å². The lowest BCUT2D eigenvalue weighted by atomic mass is 9.83. The predicted molar refractivity (Wildman–Crippen MR) is 116 cm³/mol. The van der Waals surface area contributed by atoms with Gasteiger partial charge in [-0.1, -0.05) is 97.9 Å². The zero-order valence-corrected chi connectivity index (χ0v) is 16.1. The van der Waals surface area contributed by atoms with Crippen molar-refractivity contribution in [3.8, 4) is 0 Å². The van der Waals surface area contributed by atoms with Gasteiger partial charge in [0.2, 0.25) is 0 Å². The van der Waals surface area contributed by atoms with Crippen molar-refractivity contribution >= 4 is 6.08 Å². The molecule has 0 heteroatoms. The molecule has 136 valence electrons. The molecule has 0 saturated carbocycles. The van der Waals surface area contributed by atoms with Gasteiger partial charge in [-0.15, -0.1) is 0 Å². The van der Waals surface area contributed by atoms with E-state index in [0.717, 1.165) is 12.8 Å². The highest BCUT2D eigenvalue weighted by molar-refractivity contribution is 5.51. The lowest BCUT2D eigenvalue weighted by Gasteiger charge is -2.21. The molecule has 0 heterocycles. The Labute approximate surface area is 163 Å². The first-order chi connectivity index (χ1) is 13.3. The zero-order valence-electron chi connectivity index (χ0n) is 16.1. The first kappa shape index (κ1) is 17.8. The SMILES string of the molecule is C[C@@H]1C[C@H](/C=C\c2ccccc2)c2cccc(c2)CCCc2cccc1c2. The van der Waals surface area contributed by atoms with Crippen LogP contribution in [0.2, 0.25) is 0 Å². The van der Waals surface area contributed by atoms with Gasteiger partial charge in [-0.25, -0.2) is 0 Å². The van der Waals surface area contributed by atoms with Gasteiger partial charge >= 0.3 is 0 Å². The molecule has 0 radical (unpaired) electrons. The second-order valence-electron chi connectivity index (χ2n) is 7.86. The fourth-order valence-corrected chi connectivity index (χ4v) is 4.17. The Kier molecular flexibility index (Phi) is 5.53. The normalized spacial score (nSPS) is 20.0. The van der Waals surface area contributed by atoms with E-state index in [1.165, 1.54) is 40.7 Å². The molecule has 3 aromatic carbocycles. The van der Waals surface area contributed by atoms with Gasteiger partial charge in [0.15, 0.2) is 0 Å². The summed E-state index contributed by atoms with van der Waals surface area (Å²) in [6, 6.07) is 29.2. The topological polar surface area (TPSA) is 0 Å². The molecule has 3 aromatic rings. The zero-order chi connectivity index (χ0) is 18.5. The van der Waals surface area contributed by atoms with E-state index >= 15 is 0 Å². The van der Waals surface area contributed by atoms with Crippen LogP contribution in [0.25, 0.3) is 6.08 Å². The van der Waals surface area contributed by atoms with Crippen molar-refractivity contribution in [2.75, 3.05) is 0 Å². The van der Waals surface area contributed by atoms with Crippen molar-refractivity contribution in [1.82, 2.24) is 0 Å². The van der Waals surface area contributed by atoms with Crippen LogP contribution in [0.5, 0.6) is 0 Å². The van der Waals surface area contributed by atoms with E-state index in [4.69, 9.17) is 0 Å². The Morgan fingerprint density at radius 1 is 0.741 bits per heavy atom. The van der Waals surface area contributed by atoms with Crippen LogP contribution in [0.3, 0.4) is 0 Å². The fraction of sp³-hybridized carbons (Fsp3) is 0.259. The molecule has 27 heavy (non-hydrogen) atoms. The van der Waals surface area contributed by atoms with E-state index in [-0.39, 0.29) is 0 Å². The first-order valence-electron chi connectivity index (χ1n) is 10.2. The van der Waals surface area contributed by atoms with Crippen molar-refractivity contribution in [1.29, 1.82) is 0 Å². The van der Waals surface area contributed by atoms with Gasteiger partial charge < -0.3 is 0 Å². The molecule has 1 aliphatic carbocycles. The van der Waals surface area contributed by atoms with Crippen molar-refractivity contribution in [3.05, 3.63) is 113 Å². The maximum Gasteiger partial charge on any atom is 0.00271 e. The molecule has 0 unspecified atom stereocenters. The number of fused-ring (bicyclic) bond motifs is 4. The average molecular weight is 353 g/mol. The quantitative estimate of drug-likeness (QED) is 0.459. The summed E-state index contributed by atoms with van der Waals surface area (Å²) in [5.41, 5.74) is 7.14. The number of allylic oxidation sites excluding steroid dienone is 1. The molecule has 0 N–H and O–H groups in total. The molecule has 0 nitrogen and oxygen atoms in total. The summed E-state index contributed by atoms with van der Waals surface area (Å²) in [6.45, 7) is 2.37. The summed E-state index contributed by atoms with van der Waals surface area (Å²) in [5, 5.41) is 0. The highest BCUT2D eigenvalue weighted by atomic mass is 14.2. The Morgan fingerprint density at radius 2 is 1.41 bits per heavy atom. The van der Waals surface area contributed by atoms with E-state index < -0.39 is 0 Å². The Balaban J connectivity index is 1.69. The molecule has 0 fully saturated rings.